The van der Waals surface area contributed by atoms with E-state index in [0.29, 0.717) is 44.5 Å². The minimum absolute atomic E-state index is 0.0919. The number of carboxylic acids is 1. The van der Waals surface area contributed by atoms with Crippen molar-refractivity contribution in [1.82, 2.24) is 15.1 Å². The van der Waals surface area contributed by atoms with E-state index in [9.17, 15) is 19.5 Å². The van der Waals surface area contributed by atoms with Gasteiger partial charge in [0.2, 0.25) is 5.91 Å². The molecule has 0 unspecified atom stereocenters. The van der Waals surface area contributed by atoms with E-state index in [1.54, 1.807) is 18.1 Å². The molecule has 132 valence electrons. The first kappa shape index (κ1) is 18.1. The third-order valence-corrected chi connectivity index (χ3v) is 4.50. The molecule has 1 aliphatic rings. The molecule has 0 radical (unpaired) electrons. The van der Waals surface area contributed by atoms with Crippen LogP contribution in [0.25, 0.3) is 0 Å². The average molecular weight is 337 g/mol. The molecule has 1 fully saturated rings. The van der Waals surface area contributed by atoms with Crippen molar-refractivity contribution >= 4 is 11.9 Å². The fourth-order valence-corrected chi connectivity index (χ4v) is 3.03. The SMILES string of the molecule is COCC[C@@]1(C(=O)O)CCCN(C(=O)CCc2ccc(=O)[nH]n2)C1. The normalized spacial score (nSPS) is 20.8. The fourth-order valence-electron chi connectivity index (χ4n) is 3.03. The number of hydrogen-bond acceptors (Lipinski definition) is 5. The highest BCUT2D eigenvalue weighted by Crippen LogP contribution is 2.34. The van der Waals surface area contributed by atoms with Gasteiger partial charge in [-0.25, -0.2) is 5.10 Å². The summed E-state index contributed by atoms with van der Waals surface area (Å²) in [4.78, 5) is 36.7. The van der Waals surface area contributed by atoms with Gasteiger partial charge in [0.15, 0.2) is 0 Å². The number of nitrogens with one attached hydrogen (secondary N) is 1. The first-order valence-corrected chi connectivity index (χ1v) is 8.01. The lowest BCUT2D eigenvalue weighted by molar-refractivity contribution is -0.156. The summed E-state index contributed by atoms with van der Waals surface area (Å²) in [5.74, 6) is -0.968. The number of H-pyrrole nitrogens is 1. The standard InChI is InChI=1S/C16H23N3O5/c1-24-10-8-16(15(22)23)7-2-9-19(11-16)14(21)6-4-12-3-5-13(20)18-17-12/h3,5H,2,4,6-11H2,1H3,(H,18,20)(H,22,23)/t16-/m0/s1. The van der Waals surface area contributed by atoms with Gasteiger partial charge in [0.05, 0.1) is 11.1 Å². The lowest BCUT2D eigenvalue weighted by Crippen LogP contribution is -2.50. The van der Waals surface area contributed by atoms with Crippen LogP contribution in [0.3, 0.4) is 0 Å². The molecule has 0 spiro atoms. The molecule has 8 heteroatoms. The van der Waals surface area contributed by atoms with Crippen LogP contribution in [-0.2, 0) is 20.7 Å². The smallest absolute Gasteiger partial charge is 0.311 e. The van der Waals surface area contributed by atoms with Gasteiger partial charge in [-0.1, -0.05) is 0 Å². The monoisotopic (exact) mass is 337 g/mol. The van der Waals surface area contributed by atoms with Gasteiger partial charge < -0.3 is 14.7 Å². The number of methoxy groups -OCH3 is 1. The van der Waals surface area contributed by atoms with Crippen molar-refractivity contribution in [3.8, 4) is 0 Å². The molecule has 24 heavy (non-hydrogen) atoms. The number of aromatic amines is 1. The first-order chi connectivity index (χ1) is 11.5. The van der Waals surface area contributed by atoms with Crippen molar-refractivity contribution in [3.63, 3.8) is 0 Å². The minimum atomic E-state index is -0.930. The molecule has 8 nitrogen and oxygen atoms in total. The molecule has 0 aliphatic carbocycles. The quantitative estimate of drug-likeness (QED) is 0.746. The van der Waals surface area contributed by atoms with Crippen LogP contribution in [0.15, 0.2) is 16.9 Å². The summed E-state index contributed by atoms with van der Waals surface area (Å²) in [6.45, 7) is 1.14. The van der Waals surface area contributed by atoms with Gasteiger partial charge in [-0.05, 0) is 25.3 Å². The van der Waals surface area contributed by atoms with Crippen LogP contribution in [0.2, 0.25) is 0 Å². The lowest BCUT2D eigenvalue weighted by Gasteiger charge is -2.40. The number of piperidine rings is 1. The Morgan fingerprint density at radius 1 is 1.46 bits per heavy atom. The van der Waals surface area contributed by atoms with E-state index < -0.39 is 11.4 Å². The van der Waals surface area contributed by atoms with E-state index in [4.69, 9.17) is 4.74 Å². The van der Waals surface area contributed by atoms with E-state index in [-0.39, 0.29) is 24.4 Å². The second kappa shape index (κ2) is 8.05. The van der Waals surface area contributed by atoms with E-state index in [1.165, 1.54) is 6.07 Å². The van der Waals surface area contributed by atoms with Gasteiger partial charge in [-0.3, -0.25) is 14.4 Å². The largest absolute Gasteiger partial charge is 0.481 e. The number of carbonyl (C=O) groups excluding carboxylic acids is 1. The van der Waals surface area contributed by atoms with E-state index in [2.05, 4.69) is 10.2 Å². The molecule has 0 saturated carbocycles. The van der Waals surface area contributed by atoms with Crippen LogP contribution < -0.4 is 5.56 Å². The van der Waals surface area contributed by atoms with Gasteiger partial charge in [-0.15, -0.1) is 0 Å². The molecule has 1 atom stereocenters. The summed E-state index contributed by atoms with van der Waals surface area (Å²) in [5.41, 5.74) is -0.588. The summed E-state index contributed by atoms with van der Waals surface area (Å²) in [6, 6.07) is 2.95. The van der Waals surface area contributed by atoms with Crippen LogP contribution in [0.4, 0.5) is 0 Å². The van der Waals surface area contributed by atoms with Gasteiger partial charge >= 0.3 is 5.97 Å². The van der Waals surface area contributed by atoms with Gasteiger partial charge in [-0.2, -0.15) is 5.10 Å². The predicted molar refractivity (Wildman–Crippen MR) is 85.6 cm³/mol. The summed E-state index contributed by atoms with van der Waals surface area (Å²) < 4.78 is 5.03. The van der Waals surface area contributed by atoms with Crippen molar-refractivity contribution in [2.24, 2.45) is 5.41 Å². The van der Waals surface area contributed by atoms with Crippen LogP contribution in [0.5, 0.6) is 0 Å². The zero-order valence-electron chi connectivity index (χ0n) is 13.8. The molecular formula is C16H23N3O5. The summed E-state index contributed by atoms with van der Waals surface area (Å²) in [7, 11) is 1.54. The number of carboxylic acid groups (broad SMARTS) is 1. The van der Waals surface area contributed by atoms with Gasteiger partial charge in [0.1, 0.15) is 0 Å². The number of amides is 1. The number of carbonyl (C=O) groups is 2. The Morgan fingerprint density at radius 2 is 2.25 bits per heavy atom. The second-order valence-corrected chi connectivity index (χ2v) is 6.16. The molecule has 2 heterocycles. The van der Waals surface area contributed by atoms with E-state index >= 15 is 0 Å². The molecule has 1 saturated heterocycles. The number of ether oxygens (including phenoxy) is 1. The zero-order valence-corrected chi connectivity index (χ0v) is 13.8. The summed E-state index contributed by atoms with van der Waals surface area (Å²) in [6.07, 6.45) is 2.25. The Bertz CT molecular complexity index is 624. The maximum Gasteiger partial charge on any atom is 0.311 e. The van der Waals surface area contributed by atoms with Crippen molar-refractivity contribution < 1.29 is 19.4 Å². The van der Waals surface area contributed by atoms with Crippen LogP contribution in [0, 0.1) is 5.41 Å². The Balaban J connectivity index is 1.97. The molecule has 2 rings (SSSR count). The highest BCUT2D eigenvalue weighted by atomic mass is 16.5. The average Bonchev–Trinajstić information content (AvgIpc) is 2.59. The lowest BCUT2D eigenvalue weighted by atomic mass is 9.77. The molecule has 1 aliphatic heterocycles. The number of likely N-dealkylation sites (tertiary alicyclic amines) is 1. The molecule has 1 aromatic heterocycles. The molecule has 1 amide bonds. The van der Waals surface area contributed by atoms with Crippen molar-refractivity contribution in [2.75, 3.05) is 26.8 Å². The number of rotatable bonds is 7. The Hall–Kier alpha value is -2.22. The summed E-state index contributed by atoms with van der Waals surface area (Å²) >= 11 is 0. The molecule has 0 bridgehead atoms. The van der Waals surface area contributed by atoms with Gasteiger partial charge in [0, 0.05) is 45.7 Å². The van der Waals surface area contributed by atoms with Crippen LogP contribution in [0.1, 0.15) is 31.4 Å². The summed E-state index contributed by atoms with van der Waals surface area (Å²) in [5, 5.41) is 15.8. The Morgan fingerprint density at radius 3 is 2.88 bits per heavy atom. The topological polar surface area (TPSA) is 113 Å². The molecule has 1 aromatic rings. The van der Waals surface area contributed by atoms with Crippen LogP contribution in [-0.4, -0.2) is 58.9 Å². The number of aryl methyl sites for hydroxylation is 1. The van der Waals surface area contributed by atoms with Crippen LogP contribution >= 0.6 is 0 Å². The van der Waals surface area contributed by atoms with Gasteiger partial charge in [0.25, 0.3) is 5.56 Å². The maximum absolute atomic E-state index is 12.4. The highest BCUT2D eigenvalue weighted by Gasteiger charge is 2.43. The third-order valence-electron chi connectivity index (χ3n) is 4.50. The molecule has 2 N–H and O–H groups in total. The van der Waals surface area contributed by atoms with E-state index in [0.717, 1.165) is 0 Å². The number of aliphatic carboxylic acids is 1. The number of hydrogen-bond donors (Lipinski definition) is 2. The molecule has 0 aromatic carbocycles. The first-order valence-electron chi connectivity index (χ1n) is 8.01. The fraction of sp³-hybridized carbons (Fsp3) is 0.625. The number of nitrogens with zero attached hydrogens (tertiary/aromatic N) is 2. The van der Waals surface area contributed by atoms with Crippen molar-refractivity contribution in [1.29, 1.82) is 0 Å². The number of aromatic nitrogens is 2. The second-order valence-electron chi connectivity index (χ2n) is 6.16. The third kappa shape index (κ3) is 4.41. The zero-order chi connectivity index (χ0) is 17.6. The maximum atomic E-state index is 12.4. The molecular weight excluding hydrogens is 314 g/mol. The van der Waals surface area contributed by atoms with E-state index in [1.807, 2.05) is 0 Å². The van der Waals surface area contributed by atoms with Crippen molar-refractivity contribution in [2.45, 2.75) is 32.1 Å². The predicted octanol–water partition coefficient (Wildman–Crippen LogP) is 0.432. The van der Waals surface area contributed by atoms with Crippen molar-refractivity contribution in [3.05, 3.63) is 28.2 Å². The minimum Gasteiger partial charge on any atom is -0.481 e. The highest BCUT2D eigenvalue weighted by molar-refractivity contribution is 5.79. The Kier molecular flexibility index (Phi) is 6.08. The Labute approximate surface area is 139 Å².